The third-order valence-electron chi connectivity index (χ3n) is 4.21. The molecule has 0 aromatic heterocycles. The molecule has 2 N–H and O–H groups in total. The number of rotatable bonds is 5. The highest BCUT2D eigenvalue weighted by Gasteiger charge is 2.55. The monoisotopic (exact) mass is 362 g/mol. The Labute approximate surface area is 149 Å². The molecule has 0 aliphatic carbocycles. The lowest BCUT2D eigenvalue weighted by atomic mass is 10.0. The molecular weight excluding hydrogens is 344 g/mol. The van der Waals surface area contributed by atoms with Gasteiger partial charge in [-0.05, 0) is 18.1 Å². The average molecular weight is 362 g/mol. The largest absolute Gasteiger partial charge is 0.477 e. The number of aliphatic carboxylic acids is 1. The van der Waals surface area contributed by atoms with Gasteiger partial charge in [0.1, 0.15) is 22.5 Å². The zero-order chi connectivity index (χ0) is 18.1. The molecule has 2 aliphatic rings. The maximum atomic E-state index is 12.4. The SMILES string of the molecule is CO[C@H]1S[C@H]2[C@@H](NC(=O)Cc3ccccc3)C(=O)N2C(C(=O)O)=C1C. The Morgan fingerprint density at radius 3 is 2.60 bits per heavy atom. The van der Waals surface area contributed by atoms with Crippen molar-refractivity contribution in [2.75, 3.05) is 7.11 Å². The van der Waals surface area contributed by atoms with Crippen LogP contribution in [0, 0.1) is 0 Å². The van der Waals surface area contributed by atoms with Gasteiger partial charge in [-0.1, -0.05) is 42.1 Å². The lowest BCUT2D eigenvalue weighted by molar-refractivity contribution is -0.151. The summed E-state index contributed by atoms with van der Waals surface area (Å²) in [6.07, 6.45) is 0.163. The van der Waals surface area contributed by atoms with Crippen LogP contribution in [0.1, 0.15) is 12.5 Å². The van der Waals surface area contributed by atoms with Gasteiger partial charge in [0.2, 0.25) is 5.91 Å². The van der Waals surface area contributed by atoms with Crippen molar-refractivity contribution >= 4 is 29.5 Å². The van der Waals surface area contributed by atoms with Crippen LogP contribution in [0.25, 0.3) is 0 Å². The van der Waals surface area contributed by atoms with E-state index in [1.165, 1.54) is 23.8 Å². The smallest absolute Gasteiger partial charge is 0.352 e. The topological polar surface area (TPSA) is 95.9 Å². The quantitative estimate of drug-likeness (QED) is 0.758. The van der Waals surface area contributed by atoms with E-state index in [0.29, 0.717) is 5.57 Å². The first-order valence-corrected chi connectivity index (χ1v) is 8.67. The Morgan fingerprint density at radius 2 is 2.00 bits per heavy atom. The van der Waals surface area contributed by atoms with Crippen LogP contribution in [0.4, 0.5) is 0 Å². The van der Waals surface area contributed by atoms with Crippen molar-refractivity contribution in [3.8, 4) is 0 Å². The first-order chi connectivity index (χ1) is 11.9. The predicted octanol–water partition coefficient (Wildman–Crippen LogP) is 0.960. The maximum Gasteiger partial charge on any atom is 0.352 e. The molecule has 0 unspecified atom stereocenters. The Hall–Kier alpha value is -2.32. The molecule has 1 aromatic rings. The standard InChI is InChI=1S/C17H18N2O5S/c1-9-13(16(22)23)19-14(21)12(15(19)25-17(9)24-2)18-11(20)8-10-6-4-3-5-7-10/h3-7,12,15,17H,8H2,1-2H3,(H,18,20)(H,22,23)/t12-,15-,17-/m0/s1. The Kier molecular flexibility index (Phi) is 4.82. The highest BCUT2D eigenvalue weighted by Crippen LogP contribution is 2.44. The summed E-state index contributed by atoms with van der Waals surface area (Å²) >= 11 is 1.32. The van der Waals surface area contributed by atoms with Crippen LogP contribution < -0.4 is 5.32 Å². The van der Waals surface area contributed by atoms with E-state index in [9.17, 15) is 19.5 Å². The fourth-order valence-electron chi connectivity index (χ4n) is 3.01. The van der Waals surface area contributed by atoms with Crippen LogP contribution in [0.5, 0.6) is 0 Å². The van der Waals surface area contributed by atoms with Crippen LogP contribution in [0.3, 0.4) is 0 Å². The number of carbonyl (C=O) groups excluding carboxylic acids is 2. The number of nitrogens with zero attached hydrogens (tertiary/aromatic N) is 1. The number of β-lactam (4-membered cyclic amide) rings is 1. The summed E-state index contributed by atoms with van der Waals surface area (Å²) in [5, 5.41) is 11.7. The Bertz CT molecular complexity index is 749. The van der Waals surface area contributed by atoms with E-state index in [-0.39, 0.29) is 18.0 Å². The number of carboxylic acids is 1. The van der Waals surface area contributed by atoms with E-state index in [0.717, 1.165) is 5.56 Å². The summed E-state index contributed by atoms with van der Waals surface area (Å²) in [5.74, 6) is -1.86. The number of carbonyl (C=O) groups is 3. The summed E-state index contributed by atoms with van der Waals surface area (Å²) in [4.78, 5) is 37.4. The Morgan fingerprint density at radius 1 is 1.32 bits per heavy atom. The molecule has 7 nitrogen and oxygen atoms in total. The molecule has 0 saturated carbocycles. The van der Waals surface area contributed by atoms with Crippen molar-refractivity contribution in [3.63, 3.8) is 0 Å². The zero-order valence-electron chi connectivity index (χ0n) is 13.8. The second kappa shape index (κ2) is 6.89. The number of fused-ring (bicyclic) bond motifs is 1. The highest BCUT2D eigenvalue weighted by atomic mass is 32.2. The number of nitrogens with one attached hydrogen (secondary N) is 1. The zero-order valence-corrected chi connectivity index (χ0v) is 14.6. The first-order valence-electron chi connectivity index (χ1n) is 7.72. The van der Waals surface area contributed by atoms with Crippen molar-refractivity contribution in [3.05, 3.63) is 47.2 Å². The van der Waals surface area contributed by atoms with Gasteiger partial charge in [-0.25, -0.2) is 4.79 Å². The molecule has 2 aliphatic heterocycles. The number of methoxy groups -OCH3 is 1. The van der Waals surface area contributed by atoms with Gasteiger partial charge >= 0.3 is 5.97 Å². The third kappa shape index (κ3) is 3.14. The fourth-order valence-corrected chi connectivity index (χ4v) is 4.37. The summed E-state index contributed by atoms with van der Waals surface area (Å²) in [7, 11) is 1.49. The summed E-state index contributed by atoms with van der Waals surface area (Å²) in [6, 6.07) is 8.46. The average Bonchev–Trinajstić information content (AvgIpc) is 2.60. The van der Waals surface area contributed by atoms with Gasteiger partial charge in [-0.15, -0.1) is 0 Å². The van der Waals surface area contributed by atoms with E-state index in [1.54, 1.807) is 6.92 Å². The molecule has 0 radical (unpaired) electrons. The minimum atomic E-state index is -1.17. The predicted molar refractivity (Wildman–Crippen MR) is 91.4 cm³/mol. The van der Waals surface area contributed by atoms with Crippen molar-refractivity contribution < 1.29 is 24.2 Å². The number of thioether (sulfide) groups is 1. The molecule has 0 bridgehead atoms. The number of amides is 2. The highest BCUT2D eigenvalue weighted by molar-refractivity contribution is 8.00. The number of hydrogen-bond donors (Lipinski definition) is 2. The molecule has 2 heterocycles. The normalized spacial score (nSPS) is 25.3. The molecule has 1 aromatic carbocycles. The molecule has 1 saturated heterocycles. The molecule has 3 atom stereocenters. The van der Waals surface area contributed by atoms with Gasteiger partial charge in [0, 0.05) is 7.11 Å². The van der Waals surface area contributed by atoms with Gasteiger partial charge in [0.25, 0.3) is 5.91 Å². The summed E-state index contributed by atoms with van der Waals surface area (Å²) < 4.78 is 5.31. The van der Waals surface area contributed by atoms with E-state index in [1.807, 2.05) is 30.3 Å². The second-order valence-corrected chi connectivity index (χ2v) is 7.03. The van der Waals surface area contributed by atoms with Crippen LogP contribution in [0.2, 0.25) is 0 Å². The Balaban J connectivity index is 1.73. The molecular formula is C17H18N2O5S. The van der Waals surface area contributed by atoms with Gasteiger partial charge in [-0.2, -0.15) is 0 Å². The van der Waals surface area contributed by atoms with Crippen molar-refractivity contribution in [1.82, 2.24) is 10.2 Å². The number of carboxylic acid groups (broad SMARTS) is 1. The molecule has 1 fully saturated rings. The van der Waals surface area contributed by atoms with Gasteiger partial charge in [0.05, 0.1) is 6.42 Å². The molecule has 8 heteroatoms. The number of benzene rings is 1. The lowest BCUT2D eigenvalue weighted by Gasteiger charge is -2.50. The van der Waals surface area contributed by atoms with E-state index < -0.39 is 28.7 Å². The minimum absolute atomic E-state index is 0.0610. The van der Waals surface area contributed by atoms with Gasteiger partial charge < -0.3 is 15.2 Å². The van der Waals surface area contributed by atoms with Crippen molar-refractivity contribution in [1.29, 1.82) is 0 Å². The molecule has 2 amide bonds. The number of ether oxygens (including phenoxy) is 1. The fraction of sp³-hybridized carbons (Fsp3) is 0.353. The van der Waals surface area contributed by atoms with Crippen LogP contribution in [-0.2, 0) is 25.5 Å². The molecule has 25 heavy (non-hydrogen) atoms. The molecule has 3 rings (SSSR count). The summed E-state index contributed by atoms with van der Waals surface area (Å²) in [5.41, 5.74) is 0.804. The van der Waals surface area contributed by atoms with Gasteiger partial charge in [-0.3, -0.25) is 14.5 Å². The third-order valence-corrected chi connectivity index (χ3v) is 5.77. The lowest BCUT2D eigenvalue weighted by Crippen LogP contribution is -2.71. The first kappa shape index (κ1) is 17.5. The van der Waals surface area contributed by atoms with Crippen LogP contribution >= 0.6 is 11.8 Å². The van der Waals surface area contributed by atoms with Crippen LogP contribution in [0.15, 0.2) is 41.6 Å². The second-order valence-electron chi connectivity index (χ2n) is 5.85. The molecule has 0 spiro atoms. The minimum Gasteiger partial charge on any atom is -0.477 e. The van der Waals surface area contributed by atoms with E-state index >= 15 is 0 Å². The van der Waals surface area contributed by atoms with E-state index in [2.05, 4.69) is 5.32 Å². The maximum absolute atomic E-state index is 12.4. The van der Waals surface area contributed by atoms with Crippen molar-refractivity contribution in [2.24, 2.45) is 0 Å². The van der Waals surface area contributed by atoms with Crippen molar-refractivity contribution in [2.45, 2.75) is 30.2 Å². The number of hydrogen-bond acceptors (Lipinski definition) is 5. The summed E-state index contributed by atoms with van der Waals surface area (Å²) in [6.45, 7) is 1.63. The van der Waals surface area contributed by atoms with Crippen LogP contribution in [-0.4, -0.2) is 51.8 Å². The van der Waals surface area contributed by atoms with E-state index in [4.69, 9.17) is 4.74 Å². The molecule has 132 valence electrons. The van der Waals surface area contributed by atoms with Gasteiger partial charge in [0.15, 0.2) is 0 Å².